The van der Waals surface area contributed by atoms with E-state index in [2.05, 4.69) is 26.3 Å². The van der Waals surface area contributed by atoms with Crippen LogP contribution in [-0.4, -0.2) is 21.6 Å². The van der Waals surface area contributed by atoms with Crippen LogP contribution in [0.4, 0.5) is 5.69 Å². The van der Waals surface area contributed by atoms with Crippen LogP contribution in [0.2, 0.25) is 0 Å². The molecule has 0 fully saturated rings. The summed E-state index contributed by atoms with van der Waals surface area (Å²) in [4.78, 5) is 23.6. The number of benzene rings is 2. The van der Waals surface area contributed by atoms with Crippen molar-refractivity contribution in [2.75, 3.05) is 5.32 Å². The number of hydrogen-bond donors (Lipinski definition) is 2. The van der Waals surface area contributed by atoms with Crippen LogP contribution >= 0.6 is 15.9 Å². The molecule has 0 unspecified atom stereocenters. The molecule has 6 nitrogen and oxygen atoms in total. The summed E-state index contributed by atoms with van der Waals surface area (Å²) < 4.78 is 2.32. The Morgan fingerprint density at radius 2 is 1.88 bits per heavy atom. The molecule has 1 aromatic heterocycles. The van der Waals surface area contributed by atoms with Gasteiger partial charge in [-0.2, -0.15) is 5.10 Å². The highest BCUT2D eigenvalue weighted by atomic mass is 79.9. The van der Waals surface area contributed by atoms with E-state index < -0.39 is 5.91 Å². The molecular formula is C17H13BrN4O2. The summed E-state index contributed by atoms with van der Waals surface area (Å²) in [5.74, 6) is -0.851. The third kappa shape index (κ3) is 3.36. The topological polar surface area (TPSA) is 90.0 Å². The van der Waals surface area contributed by atoms with Crippen LogP contribution < -0.4 is 11.1 Å². The lowest BCUT2D eigenvalue weighted by molar-refractivity contribution is 0.0992. The minimum absolute atomic E-state index is 0.156. The van der Waals surface area contributed by atoms with Crippen molar-refractivity contribution < 1.29 is 9.59 Å². The van der Waals surface area contributed by atoms with E-state index in [0.717, 1.165) is 4.47 Å². The molecule has 3 aromatic rings. The number of primary amides is 1. The zero-order valence-corrected chi connectivity index (χ0v) is 14.0. The van der Waals surface area contributed by atoms with Gasteiger partial charge < -0.3 is 11.1 Å². The molecule has 3 N–H and O–H groups in total. The van der Waals surface area contributed by atoms with Gasteiger partial charge in [0.2, 0.25) is 0 Å². The number of amides is 2. The molecule has 2 amide bonds. The number of halogens is 1. The summed E-state index contributed by atoms with van der Waals surface area (Å²) in [5, 5.41) is 6.97. The highest BCUT2D eigenvalue weighted by molar-refractivity contribution is 9.10. The molecule has 24 heavy (non-hydrogen) atoms. The maximum Gasteiger partial charge on any atom is 0.269 e. The Kier molecular flexibility index (Phi) is 4.43. The van der Waals surface area contributed by atoms with Gasteiger partial charge in [-0.05, 0) is 36.4 Å². The number of carbonyl (C=O) groups is 2. The van der Waals surface area contributed by atoms with Gasteiger partial charge in [0, 0.05) is 16.2 Å². The fraction of sp³-hybridized carbons (Fsp3) is 0. The third-order valence-electron chi connectivity index (χ3n) is 3.33. The van der Waals surface area contributed by atoms with E-state index in [4.69, 9.17) is 5.73 Å². The second-order valence-corrected chi connectivity index (χ2v) is 5.91. The Morgan fingerprint density at radius 3 is 2.58 bits per heavy atom. The second-order valence-electron chi connectivity index (χ2n) is 4.99. The van der Waals surface area contributed by atoms with E-state index in [0.29, 0.717) is 16.9 Å². The molecule has 1 heterocycles. The van der Waals surface area contributed by atoms with E-state index in [1.807, 2.05) is 12.1 Å². The average Bonchev–Trinajstić information content (AvgIpc) is 3.05. The monoisotopic (exact) mass is 384 g/mol. The van der Waals surface area contributed by atoms with Gasteiger partial charge in [0.05, 0.1) is 11.4 Å². The Balaban J connectivity index is 1.91. The predicted octanol–water partition coefficient (Wildman–Crippen LogP) is 2.99. The summed E-state index contributed by atoms with van der Waals surface area (Å²) in [6.07, 6.45) is 1.62. The SMILES string of the molecule is NC(=O)c1ccn(-c2ccccc2NC(=O)c2cccc(Br)c2)n1. The lowest BCUT2D eigenvalue weighted by atomic mass is 10.2. The number of nitrogens with zero attached hydrogens (tertiary/aromatic N) is 2. The quantitative estimate of drug-likeness (QED) is 0.724. The highest BCUT2D eigenvalue weighted by Gasteiger charge is 2.12. The molecule has 0 aliphatic rings. The van der Waals surface area contributed by atoms with E-state index in [9.17, 15) is 9.59 Å². The summed E-state index contributed by atoms with van der Waals surface area (Å²) in [6, 6.07) is 15.8. The molecule has 2 aromatic carbocycles. The van der Waals surface area contributed by atoms with Gasteiger partial charge in [-0.3, -0.25) is 9.59 Å². The molecular weight excluding hydrogens is 372 g/mol. The van der Waals surface area contributed by atoms with Gasteiger partial charge in [-0.25, -0.2) is 4.68 Å². The van der Waals surface area contributed by atoms with Gasteiger partial charge in [-0.15, -0.1) is 0 Å². The fourth-order valence-electron chi connectivity index (χ4n) is 2.19. The van der Waals surface area contributed by atoms with Crippen molar-refractivity contribution >= 4 is 33.4 Å². The minimum Gasteiger partial charge on any atom is -0.364 e. The number of hydrogen-bond acceptors (Lipinski definition) is 3. The number of nitrogens with one attached hydrogen (secondary N) is 1. The normalized spacial score (nSPS) is 10.4. The number of para-hydroxylation sites is 2. The molecule has 0 atom stereocenters. The summed E-state index contributed by atoms with van der Waals surface area (Å²) in [5.41, 5.74) is 7.11. The molecule has 0 bridgehead atoms. The largest absolute Gasteiger partial charge is 0.364 e. The maximum atomic E-state index is 12.4. The van der Waals surface area contributed by atoms with Crippen LogP contribution in [0.5, 0.6) is 0 Å². The van der Waals surface area contributed by atoms with Crippen LogP contribution in [0.1, 0.15) is 20.8 Å². The first-order chi connectivity index (χ1) is 11.5. The van der Waals surface area contributed by atoms with Crippen molar-refractivity contribution in [1.82, 2.24) is 9.78 Å². The molecule has 3 rings (SSSR count). The minimum atomic E-state index is -0.607. The van der Waals surface area contributed by atoms with Crippen molar-refractivity contribution in [1.29, 1.82) is 0 Å². The summed E-state index contributed by atoms with van der Waals surface area (Å²) in [6.45, 7) is 0. The number of aromatic nitrogens is 2. The number of anilines is 1. The summed E-state index contributed by atoms with van der Waals surface area (Å²) in [7, 11) is 0. The van der Waals surface area contributed by atoms with E-state index in [1.54, 1.807) is 42.6 Å². The first-order valence-electron chi connectivity index (χ1n) is 7.06. The van der Waals surface area contributed by atoms with Crippen LogP contribution in [-0.2, 0) is 0 Å². The van der Waals surface area contributed by atoms with Crippen molar-refractivity contribution in [3.63, 3.8) is 0 Å². The molecule has 0 aliphatic heterocycles. The number of rotatable bonds is 4. The average molecular weight is 385 g/mol. The zero-order valence-electron chi connectivity index (χ0n) is 12.4. The lowest BCUT2D eigenvalue weighted by Gasteiger charge is -2.11. The van der Waals surface area contributed by atoms with Gasteiger partial charge in [0.1, 0.15) is 5.69 Å². The first kappa shape index (κ1) is 15.9. The zero-order chi connectivity index (χ0) is 17.1. The van der Waals surface area contributed by atoms with Crippen LogP contribution in [0.25, 0.3) is 5.69 Å². The molecule has 0 saturated carbocycles. The third-order valence-corrected chi connectivity index (χ3v) is 3.82. The fourth-order valence-corrected chi connectivity index (χ4v) is 2.59. The lowest BCUT2D eigenvalue weighted by Crippen LogP contribution is -2.15. The van der Waals surface area contributed by atoms with Crippen LogP contribution in [0.15, 0.2) is 65.3 Å². The molecule has 120 valence electrons. The summed E-state index contributed by atoms with van der Waals surface area (Å²) >= 11 is 3.35. The van der Waals surface area contributed by atoms with Gasteiger partial charge >= 0.3 is 0 Å². The maximum absolute atomic E-state index is 12.4. The number of carbonyl (C=O) groups excluding carboxylic acids is 2. The second kappa shape index (κ2) is 6.67. The molecule has 0 spiro atoms. The standard InChI is InChI=1S/C17H13BrN4O2/c18-12-5-3-4-11(10-12)17(24)20-13-6-1-2-7-15(13)22-9-8-14(21-22)16(19)23/h1-10H,(H2,19,23)(H,20,24). The molecule has 0 radical (unpaired) electrons. The molecule has 0 saturated heterocycles. The molecule has 7 heteroatoms. The van der Waals surface area contributed by atoms with E-state index in [-0.39, 0.29) is 11.6 Å². The molecule has 0 aliphatic carbocycles. The van der Waals surface area contributed by atoms with Gasteiger partial charge in [0.25, 0.3) is 11.8 Å². The van der Waals surface area contributed by atoms with E-state index in [1.165, 1.54) is 10.7 Å². The smallest absolute Gasteiger partial charge is 0.269 e. The first-order valence-corrected chi connectivity index (χ1v) is 7.86. The van der Waals surface area contributed by atoms with Crippen molar-refractivity contribution in [3.8, 4) is 5.69 Å². The Bertz CT molecular complexity index is 920. The Hall–Kier alpha value is -2.93. The van der Waals surface area contributed by atoms with Gasteiger partial charge in [0.15, 0.2) is 0 Å². The van der Waals surface area contributed by atoms with Crippen LogP contribution in [0.3, 0.4) is 0 Å². The Labute approximate surface area is 146 Å². The number of nitrogens with two attached hydrogens (primary N) is 1. The Morgan fingerprint density at radius 1 is 1.08 bits per heavy atom. The van der Waals surface area contributed by atoms with Crippen LogP contribution in [0, 0.1) is 0 Å². The van der Waals surface area contributed by atoms with E-state index >= 15 is 0 Å². The van der Waals surface area contributed by atoms with Gasteiger partial charge in [-0.1, -0.05) is 34.1 Å². The predicted molar refractivity (Wildman–Crippen MR) is 94.2 cm³/mol. The van der Waals surface area contributed by atoms with Crippen molar-refractivity contribution in [3.05, 3.63) is 76.5 Å². The highest BCUT2D eigenvalue weighted by Crippen LogP contribution is 2.21. The van der Waals surface area contributed by atoms with Crippen molar-refractivity contribution in [2.45, 2.75) is 0 Å². The van der Waals surface area contributed by atoms with Crippen molar-refractivity contribution in [2.24, 2.45) is 5.73 Å².